The third kappa shape index (κ3) is 0.971. The molecule has 1 N–H and O–H groups in total. The molecular formula is C11H16O4. The van der Waals surface area contributed by atoms with E-state index in [1.54, 1.807) is 0 Å². The van der Waals surface area contributed by atoms with Gasteiger partial charge in [0.2, 0.25) is 0 Å². The Morgan fingerprint density at radius 3 is 2.33 bits per heavy atom. The summed E-state index contributed by atoms with van der Waals surface area (Å²) < 4.78 is 5.36. The van der Waals surface area contributed by atoms with E-state index in [-0.39, 0.29) is 12.4 Å². The zero-order chi connectivity index (χ0) is 11.5. The highest BCUT2D eigenvalue weighted by atomic mass is 16.6. The topological polar surface area (TPSA) is 63.6 Å². The Hall–Kier alpha value is -1.06. The van der Waals surface area contributed by atoms with E-state index in [2.05, 4.69) is 0 Å². The minimum absolute atomic E-state index is 0.117. The summed E-state index contributed by atoms with van der Waals surface area (Å²) in [6.07, 6.45) is 1.27. The number of carbonyl (C=O) groups excluding carboxylic acids is 1. The normalized spacial score (nSPS) is 41.7. The van der Waals surface area contributed by atoms with Gasteiger partial charge in [-0.1, -0.05) is 13.8 Å². The van der Waals surface area contributed by atoms with Crippen molar-refractivity contribution in [2.24, 2.45) is 10.8 Å². The van der Waals surface area contributed by atoms with Crippen LogP contribution in [0.4, 0.5) is 0 Å². The van der Waals surface area contributed by atoms with Gasteiger partial charge in [0, 0.05) is 5.41 Å². The third-order valence-corrected chi connectivity index (χ3v) is 4.71. The van der Waals surface area contributed by atoms with Crippen LogP contribution in [0.2, 0.25) is 0 Å². The standard InChI is InChI=1S/C11H16O4/c1-9(2)10(3)4-5-11(9,6-7(12)13)8(14)15-10/h4-6H2,1-3H3,(H,12,13)/t10-,11-/m0/s1. The molecule has 2 fully saturated rings. The predicted octanol–water partition coefficient (Wildman–Crippen LogP) is 1.58. The Bertz CT molecular complexity index is 346. The van der Waals surface area contributed by atoms with Crippen LogP contribution in [0.1, 0.15) is 40.0 Å². The van der Waals surface area contributed by atoms with Gasteiger partial charge in [-0.05, 0) is 19.8 Å². The SMILES string of the molecule is CC1(C)[C@]2(CC(=O)O)CC[C@]1(C)OC2=O. The summed E-state index contributed by atoms with van der Waals surface area (Å²) in [5, 5.41) is 8.91. The monoisotopic (exact) mass is 212 g/mol. The van der Waals surface area contributed by atoms with Crippen LogP contribution >= 0.6 is 0 Å². The Balaban J connectivity index is 2.47. The highest BCUT2D eigenvalue weighted by Crippen LogP contribution is 2.66. The van der Waals surface area contributed by atoms with Crippen molar-refractivity contribution in [2.45, 2.75) is 45.6 Å². The lowest BCUT2D eigenvalue weighted by molar-refractivity contribution is -0.162. The fourth-order valence-electron chi connectivity index (χ4n) is 3.06. The van der Waals surface area contributed by atoms with Gasteiger partial charge in [0.15, 0.2) is 0 Å². The number of hydrogen-bond donors (Lipinski definition) is 1. The van der Waals surface area contributed by atoms with Crippen LogP contribution in [-0.4, -0.2) is 22.6 Å². The Morgan fingerprint density at radius 2 is 2.00 bits per heavy atom. The molecule has 0 spiro atoms. The van der Waals surface area contributed by atoms with Crippen LogP contribution < -0.4 is 0 Å². The van der Waals surface area contributed by atoms with Gasteiger partial charge in [-0.2, -0.15) is 0 Å². The first-order chi connectivity index (χ1) is 6.75. The summed E-state index contributed by atoms with van der Waals surface area (Å²) in [5.74, 6) is -1.25. The average Bonchev–Trinajstić information content (AvgIpc) is 2.32. The minimum atomic E-state index is -0.925. The highest BCUT2D eigenvalue weighted by Gasteiger charge is 2.73. The molecule has 1 saturated heterocycles. The van der Waals surface area contributed by atoms with Gasteiger partial charge in [0.05, 0.1) is 11.8 Å². The Labute approximate surface area is 88.6 Å². The van der Waals surface area contributed by atoms with Crippen molar-refractivity contribution >= 4 is 11.9 Å². The van der Waals surface area contributed by atoms with Crippen LogP contribution in [0.5, 0.6) is 0 Å². The molecule has 15 heavy (non-hydrogen) atoms. The van der Waals surface area contributed by atoms with Crippen molar-refractivity contribution in [3.8, 4) is 0 Å². The first-order valence-corrected chi connectivity index (χ1v) is 5.20. The first-order valence-electron chi connectivity index (χ1n) is 5.20. The van der Waals surface area contributed by atoms with E-state index in [4.69, 9.17) is 9.84 Å². The largest absolute Gasteiger partial charge is 0.481 e. The molecule has 4 heteroatoms. The third-order valence-electron chi connectivity index (χ3n) is 4.71. The van der Waals surface area contributed by atoms with E-state index in [9.17, 15) is 9.59 Å². The van der Waals surface area contributed by atoms with E-state index >= 15 is 0 Å². The summed E-state index contributed by atoms with van der Waals surface area (Å²) in [7, 11) is 0. The van der Waals surface area contributed by atoms with Crippen molar-refractivity contribution in [2.75, 3.05) is 0 Å². The number of rotatable bonds is 2. The van der Waals surface area contributed by atoms with Gasteiger partial charge in [-0.15, -0.1) is 0 Å². The summed E-state index contributed by atoms with van der Waals surface area (Å²) in [4.78, 5) is 22.7. The number of carboxylic acids is 1. The first kappa shape index (κ1) is 10.5. The van der Waals surface area contributed by atoms with E-state index in [0.29, 0.717) is 6.42 Å². The molecule has 4 nitrogen and oxygen atoms in total. The summed E-state index contributed by atoms with van der Waals surface area (Å²) in [5.41, 5.74) is -1.69. The molecule has 1 aliphatic heterocycles. The maximum Gasteiger partial charge on any atom is 0.313 e. The zero-order valence-electron chi connectivity index (χ0n) is 9.29. The number of fused-ring (bicyclic) bond motifs is 2. The van der Waals surface area contributed by atoms with Crippen LogP contribution in [-0.2, 0) is 14.3 Å². The van der Waals surface area contributed by atoms with Crippen LogP contribution in [0, 0.1) is 10.8 Å². The van der Waals surface area contributed by atoms with Gasteiger partial charge in [-0.25, -0.2) is 0 Å². The molecule has 2 atom stereocenters. The van der Waals surface area contributed by atoms with Crippen molar-refractivity contribution in [1.82, 2.24) is 0 Å². The van der Waals surface area contributed by atoms with Crippen LogP contribution in [0.3, 0.4) is 0 Å². The number of carboxylic acid groups (broad SMARTS) is 1. The van der Waals surface area contributed by atoms with Gasteiger partial charge in [0.25, 0.3) is 0 Å². The lowest BCUT2D eigenvalue weighted by atomic mass is 9.64. The second-order valence-corrected chi connectivity index (χ2v) is 5.40. The lowest BCUT2D eigenvalue weighted by Gasteiger charge is -2.34. The summed E-state index contributed by atoms with van der Waals surface area (Å²) in [6.45, 7) is 5.78. The minimum Gasteiger partial charge on any atom is -0.481 e. The molecule has 2 rings (SSSR count). The van der Waals surface area contributed by atoms with E-state index in [1.807, 2.05) is 20.8 Å². The van der Waals surface area contributed by atoms with Crippen LogP contribution in [0.25, 0.3) is 0 Å². The number of hydrogen-bond acceptors (Lipinski definition) is 3. The van der Waals surface area contributed by atoms with E-state index in [0.717, 1.165) is 6.42 Å². The number of ether oxygens (including phenoxy) is 1. The summed E-state index contributed by atoms with van der Waals surface area (Å²) in [6, 6.07) is 0. The molecular weight excluding hydrogens is 196 g/mol. The molecule has 1 aliphatic carbocycles. The molecule has 84 valence electrons. The fraction of sp³-hybridized carbons (Fsp3) is 0.818. The second kappa shape index (κ2) is 2.54. The van der Waals surface area contributed by atoms with Gasteiger partial charge in [0.1, 0.15) is 5.60 Å². The van der Waals surface area contributed by atoms with Crippen molar-refractivity contribution in [3.63, 3.8) is 0 Å². The second-order valence-electron chi connectivity index (χ2n) is 5.40. The van der Waals surface area contributed by atoms with Gasteiger partial charge < -0.3 is 9.84 Å². The Morgan fingerprint density at radius 1 is 1.40 bits per heavy atom. The molecule has 0 amide bonds. The van der Waals surface area contributed by atoms with E-state index in [1.165, 1.54) is 0 Å². The Kier molecular flexibility index (Phi) is 1.77. The molecule has 2 aliphatic rings. The number of carbonyl (C=O) groups is 2. The van der Waals surface area contributed by atoms with E-state index < -0.39 is 22.4 Å². The molecule has 0 aromatic carbocycles. The molecule has 0 aromatic rings. The molecule has 1 heterocycles. The molecule has 2 bridgehead atoms. The number of esters is 1. The van der Waals surface area contributed by atoms with Gasteiger partial charge >= 0.3 is 11.9 Å². The quantitative estimate of drug-likeness (QED) is 0.706. The van der Waals surface area contributed by atoms with Crippen LogP contribution in [0.15, 0.2) is 0 Å². The molecule has 0 unspecified atom stereocenters. The molecule has 1 saturated carbocycles. The number of aliphatic carboxylic acids is 1. The maximum absolute atomic E-state index is 11.8. The zero-order valence-corrected chi connectivity index (χ0v) is 9.29. The highest BCUT2D eigenvalue weighted by molar-refractivity contribution is 5.87. The smallest absolute Gasteiger partial charge is 0.313 e. The fourth-order valence-corrected chi connectivity index (χ4v) is 3.06. The summed E-state index contributed by atoms with van der Waals surface area (Å²) >= 11 is 0. The maximum atomic E-state index is 11.8. The van der Waals surface area contributed by atoms with Crippen molar-refractivity contribution in [1.29, 1.82) is 0 Å². The van der Waals surface area contributed by atoms with Gasteiger partial charge in [-0.3, -0.25) is 9.59 Å². The van der Waals surface area contributed by atoms with Crippen molar-refractivity contribution in [3.05, 3.63) is 0 Å². The van der Waals surface area contributed by atoms with Crippen molar-refractivity contribution < 1.29 is 19.4 Å². The molecule has 0 radical (unpaired) electrons. The average molecular weight is 212 g/mol. The molecule has 0 aromatic heterocycles. The predicted molar refractivity (Wildman–Crippen MR) is 52.2 cm³/mol. The lowest BCUT2D eigenvalue weighted by Crippen LogP contribution is -2.41.